The second kappa shape index (κ2) is 9.46. The van der Waals surface area contributed by atoms with Gasteiger partial charge in [-0.05, 0) is 110 Å². The highest BCUT2D eigenvalue weighted by molar-refractivity contribution is 6.24. The molecule has 0 saturated heterocycles. The molecule has 0 aliphatic heterocycles. The smallest absolute Gasteiger partial charge is 0.135 e. The Labute approximate surface area is 286 Å². The second-order valence-corrected chi connectivity index (χ2v) is 13.5. The normalized spacial score (nSPS) is 12.4. The van der Waals surface area contributed by atoms with Crippen LogP contribution in [0.3, 0.4) is 0 Å². The molecular weight excluding hydrogens is 609 g/mol. The highest BCUT2D eigenvalue weighted by Gasteiger charge is 2.25. The molecule has 0 radical (unpaired) electrons. The van der Waals surface area contributed by atoms with Gasteiger partial charge in [-0.3, -0.25) is 4.98 Å². The van der Waals surface area contributed by atoms with Crippen LogP contribution in [-0.2, 0) is 0 Å². The van der Waals surface area contributed by atoms with Crippen molar-refractivity contribution in [1.29, 1.82) is 0 Å². The highest BCUT2D eigenvalue weighted by Crippen LogP contribution is 2.52. The van der Waals surface area contributed by atoms with Crippen molar-refractivity contribution in [2.24, 2.45) is 0 Å². The largest absolute Gasteiger partial charge is 0.456 e. The van der Waals surface area contributed by atoms with E-state index in [2.05, 4.69) is 155 Å². The molecule has 3 nitrogen and oxygen atoms in total. The zero-order chi connectivity index (χ0) is 32.5. The van der Waals surface area contributed by atoms with Gasteiger partial charge >= 0.3 is 0 Å². The number of aromatic nitrogens is 2. The topological polar surface area (TPSA) is 31.0 Å². The third kappa shape index (κ3) is 3.36. The predicted octanol–water partition coefficient (Wildman–Crippen LogP) is 12.9. The molecule has 12 rings (SSSR count). The second-order valence-electron chi connectivity index (χ2n) is 13.5. The van der Waals surface area contributed by atoms with E-state index in [0.717, 1.165) is 33.1 Å². The summed E-state index contributed by atoms with van der Waals surface area (Å²) in [6, 6.07) is 55.1. The predicted molar refractivity (Wildman–Crippen MR) is 208 cm³/mol. The van der Waals surface area contributed by atoms with Crippen molar-refractivity contribution < 1.29 is 4.42 Å². The molecule has 11 aromatic rings. The van der Waals surface area contributed by atoms with Crippen LogP contribution in [0.1, 0.15) is 0 Å². The molecular formula is C47H26N2O. The number of hydrogen-bond acceptors (Lipinski definition) is 2. The first-order valence-electron chi connectivity index (χ1n) is 17.1. The molecule has 3 heteroatoms. The highest BCUT2D eigenvalue weighted by atomic mass is 16.3. The van der Waals surface area contributed by atoms with E-state index in [4.69, 9.17) is 4.42 Å². The molecule has 1 aliphatic carbocycles. The average Bonchev–Trinajstić information content (AvgIpc) is 3.83. The molecule has 0 atom stereocenters. The molecule has 0 N–H and O–H groups in total. The summed E-state index contributed by atoms with van der Waals surface area (Å²) in [6.45, 7) is 0. The molecule has 3 heterocycles. The quantitative estimate of drug-likeness (QED) is 0.189. The Bertz CT molecular complexity index is 3270. The maximum absolute atomic E-state index is 6.45. The maximum atomic E-state index is 6.45. The van der Waals surface area contributed by atoms with E-state index >= 15 is 0 Å². The summed E-state index contributed by atoms with van der Waals surface area (Å²) >= 11 is 0. The molecule has 1 aliphatic rings. The first kappa shape index (κ1) is 26.3. The van der Waals surface area contributed by atoms with E-state index in [0.29, 0.717) is 0 Å². The van der Waals surface area contributed by atoms with Crippen LogP contribution in [0.2, 0.25) is 0 Å². The standard InChI is InChI=1S/C47H26N2O/c1-2-8-31-27(7-1)14-17-34-33-11-5-10-32-30(18-19-37(45(31)34)46(32)33)28-15-22-43-38(25-28)39-26-29(16-23-44(39)50-43)49-41-13-4-3-9-36(41)47-35-12-6-24-48-40(35)20-21-42(47)49/h1-26H. The van der Waals surface area contributed by atoms with Crippen molar-refractivity contribution in [3.8, 4) is 39.1 Å². The third-order valence-corrected chi connectivity index (χ3v) is 11.0. The number of fused-ring (bicyclic) bond motifs is 13. The molecule has 3 aromatic heterocycles. The lowest BCUT2D eigenvalue weighted by Gasteiger charge is -2.10. The maximum Gasteiger partial charge on any atom is 0.135 e. The van der Waals surface area contributed by atoms with Gasteiger partial charge in [-0.2, -0.15) is 0 Å². The summed E-state index contributed by atoms with van der Waals surface area (Å²) in [5.74, 6) is 0. The Kier molecular flexibility index (Phi) is 4.97. The van der Waals surface area contributed by atoms with E-state index in [1.165, 1.54) is 82.1 Å². The van der Waals surface area contributed by atoms with Crippen LogP contribution in [0.4, 0.5) is 0 Å². The lowest BCUT2D eigenvalue weighted by atomic mass is 9.93. The summed E-state index contributed by atoms with van der Waals surface area (Å²) < 4.78 is 8.83. The Morgan fingerprint density at radius 1 is 0.440 bits per heavy atom. The van der Waals surface area contributed by atoms with Gasteiger partial charge in [0.05, 0.1) is 16.6 Å². The van der Waals surface area contributed by atoms with Crippen LogP contribution < -0.4 is 0 Å². The Balaban J connectivity index is 1.07. The number of pyridine rings is 1. The fourth-order valence-corrected chi connectivity index (χ4v) is 8.85. The number of rotatable bonds is 2. The van der Waals surface area contributed by atoms with Gasteiger partial charge in [0.2, 0.25) is 0 Å². The van der Waals surface area contributed by atoms with Gasteiger partial charge in [-0.25, -0.2) is 0 Å². The number of para-hydroxylation sites is 1. The van der Waals surface area contributed by atoms with Crippen molar-refractivity contribution in [2.45, 2.75) is 0 Å². The summed E-state index contributed by atoms with van der Waals surface area (Å²) in [7, 11) is 0. The van der Waals surface area contributed by atoms with Gasteiger partial charge in [0.1, 0.15) is 11.2 Å². The molecule has 0 spiro atoms. The first-order chi connectivity index (χ1) is 24.8. The van der Waals surface area contributed by atoms with Crippen molar-refractivity contribution in [1.82, 2.24) is 9.55 Å². The molecule has 0 fully saturated rings. The van der Waals surface area contributed by atoms with Gasteiger partial charge in [0.15, 0.2) is 0 Å². The fraction of sp³-hybridized carbons (Fsp3) is 0. The molecule has 0 amide bonds. The molecule has 0 unspecified atom stereocenters. The van der Waals surface area contributed by atoms with Crippen LogP contribution in [-0.4, -0.2) is 9.55 Å². The van der Waals surface area contributed by atoms with Gasteiger partial charge < -0.3 is 8.98 Å². The van der Waals surface area contributed by atoms with Crippen LogP contribution in [0, 0.1) is 0 Å². The zero-order valence-electron chi connectivity index (χ0n) is 26.8. The van der Waals surface area contributed by atoms with E-state index in [1.54, 1.807) is 0 Å². The summed E-state index contributed by atoms with van der Waals surface area (Å²) in [6.07, 6.45) is 1.87. The molecule has 0 saturated carbocycles. The van der Waals surface area contributed by atoms with Gasteiger partial charge in [0, 0.05) is 38.8 Å². The first-order valence-corrected chi connectivity index (χ1v) is 17.1. The fourth-order valence-electron chi connectivity index (χ4n) is 8.85. The van der Waals surface area contributed by atoms with Crippen molar-refractivity contribution in [3.05, 3.63) is 158 Å². The third-order valence-electron chi connectivity index (χ3n) is 11.0. The molecule has 8 aromatic carbocycles. The summed E-state index contributed by atoms with van der Waals surface area (Å²) in [5.41, 5.74) is 14.0. The average molecular weight is 635 g/mol. The van der Waals surface area contributed by atoms with Crippen molar-refractivity contribution in [2.75, 3.05) is 0 Å². The number of hydrogen-bond donors (Lipinski definition) is 0. The Morgan fingerprint density at radius 2 is 1.22 bits per heavy atom. The molecule has 50 heavy (non-hydrogen) atoms. The number of benzene rings is 8. The summed E-state index contributed by atoms with van der Waals surface area (Å²) in [5, 5.41) is 11.1. The van der Waals surface area contributed by atoms with E-state index in [-0.39, 0.29) is 0 Å². The van der Waals surface area contributed by atoms with Crippen LogP contribution in [0.15, 0.2) is 162 Å². The lowest BCUT2D eigenvalue weighted by Crippen LogP contribution is -1.93. The molecule has 230 valence electrons. The van der Waals surface area contributed by atoms with Gasteiger partial charge in [0.25, 0.3) is 0 Å². The van der Waals surface area contributed by atoms with E-state index in [9.17, 15) is 0 Å². The van der Waals surface area contributed by atoms with E-state index in [1.807, 2.05) is 12.3 Å². The van der Waals surface area contributed by atoms with Crippen LogP contribution in [0.5, 0.6) is 0 Å². The number of nitrogens with zero attached hydrogens (tertiary/aromatic N) is 2. The number of furan rings is 1. The van der Waals surface area contributed by atoms with E-state index < -0.39 is 0 Å². The minimum atomic E-state index is 0.888. The summed E-state index contributed by atoms with van der Waals surface area (Å²) in [4.78, 5) is 4.65. The Hall–Kier alpha value is -6.71. The monoisotopic (exact) mass is 634 g/mol. The minimum absolute atomic E-state index is 0.888. The Morgan fingerprint density at radius 3 is 2.18 bits per heavy atom. The lowest BCUT2D eigenvalue weighted by molar-refractivity contribution is 0.669. The minimum Gasteiger partial charge on any atom is -0.456 e. The molecule has 0 bridgehead atoms. The van der Waals surface area contributed by atoms with Gasteiger partial charge in [-0.1, -0.05) is 97.1 Å². The van der Waals surface area contributed by atoms with Crippen LogP contribution in [0.25, 0.3) is 115 Å². The van der Waals surface area contributed by atoms with Crippen LogP contribution >= 0.6 is 0 Å². The zero-order valence-corrected chi connectivity index (χ0v) is 26.8. The SMILES string of the molecule is c1ccc2c3c(ccc2c1)-c1cccc2c(-c4ccc5oc6ccc(-n7c8ccccc8c8c9cccnc9ccc87)cc6c5c4)ccc-3c12. The van der Waals surface area contributed by atoms with Crippen molar-refractivity contribution >= 4 is 76.2 Å². The van der Waals surface area contributed by atoms with Gasteiger partial charge in [-0.15, -0.1) is 0 Å². The van der Waals surface area contributed by atoms with Crippen molar-refractivity contribution in [3.63, 3.8) is 0 Å².